The normalized spacial score (nSPS) is 20.1. The van der Waals surface area contributed by atoms with Gasteiger partial charge in [0.05, 0.1) is 12.1 Å². The number of aliphatic hydroxyl groups is 1. The second-order valence-corrected chi connectivity index (χ2v) is 6.46. The Kier molecular flexibility index (Phi) is 6.16. The van der Waals surface area contributed by atoms with E-state index in [-0.39, 0.29) is 5.54 Å². The van der Waals surface area contributed by atoms with Crippen LogP contribution < -0.4 is 5.32 Å². The molecule has 0 spiro atoms. The summed E-state index contributed by atoms with van der Waals surface area (Å²) in [5, 5.41) is 13.2. The Labute approximate surface area is 105 Å². The minimum Gasteiger partial charge on any atom is -0.394 e. The monoisotopic (exact) mass is 245 g/mol. The molecule has 1 aliphatic rings. The second-order valence-electron chi connectivity index (χ2n) is 5.35. The van der Waals surface area contributed by atoms with Crippen LogP contribution in [0.15, 0.2) is 0 Å². The third kappa shape index (κ3) is 4.27. The van der Waals surface area contributed by atoms with Gasteiger partial charge in [0.1, 0.15) is 0 Å². The molecule has 1 rings (SSSR count). The molecule has 0 radical (unpaired) electrons. The van der Waals surface area contributed by atoms with E-state index in [0.29, 0.717) is 12.5 Å². The maximum absolute atomic E-state index is 9.65. The highest BCUT2D eigenvalue weighted by molar-refractivity contribution is 7.99. The van der Waals surface area contributed by atoms with Gasteiger partial charge >= 0.3 is 0 Å². The van der Waals surface area contributed by atoms with Crippen LogP contribution in [0.4, 0.5) is 0 Å². The number of aliphatic hydroxyl groups excluding tert-OH is 1. The molecule has 0 saturated heterocycles. The zero-order valence-electron chi connectivity index (χ0n) is 11.0. The van der Waals surface area contributed by atoms with Crippen molar-refractivity contribution in [3.63, 3.8) is 0 Å². The first-order valence-corrected chi connectivity index (χ1v) is 7.73. The molecule has 0 aromatic heterocycles. The summed E-state index contributed by atoms with van der Waals surface area (Å²) in [6.07, 6.45) is 3.86. The highest BCUT2D eigenvalue weighted by atomic mass is 32.2. The first-order chi connectivity index (χ1) is 7.64. The van der Waals surface area contributed by atoms with E-state index < -0.39 is 0 Å². The Morgan fingerprint density at radius 1 is 1.44 bits per heavy atom. The van der Waals surface area contributed by atoms with Gasteiger partial charge in [-0.05, 0) is 43.4 Å². The van der Waals surface area contributed by atoms with Crippen LogP contribution in [0.2, 0.25) is 0 Å². The lowest BCUT2D eigenvalue weighted by atomic mass is 9.97. The fourth-order valence-electron chi connectivity index (χ4n) is 2.11. The van der Waals surface area contributed by atoms with Gasteiger partial charge < -0.3 is 10.4 Å². The second kappa shape index (κ2) is 6.87. The van der Waals surface area contributed by atoms with Crippen LogP contribution in [0.5, 0.6) is 0 Å². The van der Waals surface area contributed by atoms with E-state index in [1.807, 2.05) is 11.8 Å². The lowest BCUT2D eigenvalue weighted by Crippen LogP contribution is -2.52. The Balaban J connectivity index is 2.31. The number of thioether (sulfide) groups is 1. The average molecular weight is 245 g/mol. The van der Waals surface area contributed by atoms with Crippen molar-refractivity contribution >= 4 is 11.8 Å². The van der Waals surface area contributed by atoms with E-state index >= 15 is 0 Å². The summed E-state index contributed by atoms with van der Waals surface area (Å²) >= 11 is 2.00. The Bertz CT molecular complexity index is 194. The third-order valence-electron chi connectivity index (χ3n) is 3.37. The molecule has 0 amide bonds. The lowest BCUT2D eigenvalue weighted by molar-refractivity contribution is 0.161. The van der Waals surface area contributed by atoms with E-state index in [1.165, 1.54) is 25.0 Å². The maximum Gasteiger partial charge on any atom is 0.0624 e. The molecule has 0 aromatic rings. The standard InChI is InChI=1S/C13H27NOS/c1-4-14-13(9-15,12-5-6-12)10-16-8-7-11(2)3/h11-12,14-15H,4-10H2,1-3H3. The minimum absolute atomic E-state index is 0.0103. The zero-order chi connectivity index (χ0) is 12.0. The molecule has 3 heteroatoms. The van der Waals surface area contributed by atoms with Crippen molar-refractivity contribution in [2.45, 2.75) is 45.6 Å². The fraction of sp³-hybridized carbons (Fsp3) is 1.00. The molecule has 0 aliphatic heterocycles. The predicted molar refractivity (Wildman–Crippen MR) is 73.0 cm³/mol. The van der Waals surface area contributed by atoms with Crippen LogP contribution in [0.25, 0.3) is 0 Å². The molecule has 1 atom stereocenters. The molecule has 0 aromatic carbocycles. The molecule has 0 bridgehead atoms. The van der Waals surface area contributed by atoms with Gasteiger partial charge in [-0.25, -0.2) is 0 Å². The topological polar surface area (TPSA) is 32.3 Å². The van der Waals surface area contributed by atoms with Crippen molar-refractivity contribution in [1.82, 2.24) is 5.32 Å². The summed E-state index contributed by atoms with van der Waals surface area (Å²) < 4.78 is 0. The molecule has 1 unspecified atom stereocenters. The Hall–Kier alpha value is 0.270. The van der Waals surface area contributed by atoms with Crippen molar-refractivity contribution in [3.8, 4) is 0 Å². The predicted octanol–water partition coefficient (Wildman–Crippen LogP) is 2.52. The van der Waals surface area contributed by atoms with Gasteiger partial charge in [0.15, 0.2) is 0 Å². The summed E-state index contributed by atoms with van der Waals surface area (Å²) in [7, 11) is 0. The van der Waals surface area contributed by atoms with Gasteiger partial charge in [-0.1, -0.05) is 20.8 Å². The van der Waals surface area contributed by atoms with Crippen molar-refractivity contribution in [1.29, 1.82) is 0 Å². The van der Waals surface area contributed by atoms with Crippen LogP contribution in [-0.2, 0) is 0 Å². The van der Waals surface area contributed by atoms with Crippen molar-refractivity contribution < 1.29 is 5.11 Å². The first-order valence-electron chi connectivity index (χ1n) is 6.58. The highest BCUT2D eigenvalue weighted by Gasteiger charge is 2.43. The molecule has 16 heavy (non-hydrogen) atoms. The van der Waals surface area contributed by atoms with Crippen molar-refractivity contribution in [2.75, 3.05) is 24.7 Å². The first kappa shape index (κ1) is 14.3. The molecular weight excluding hydrogens is 218 g/mol. The lowest BCUT2D eigenvalue weighted by Gasteiger charge is -2.33. The average Bonchev–Trinajstić information content (AvgIpc) is 3.06. The molecule has 2 nitrogen and oxygen atoms in total. The minimum atomic E-state index is 0.0103. The van der Waals surface area contributed by atoms with E-state index in [1.54, 1.807) is 0 Å². The van der Waals surface area contributed by atoms with Crippen LogP contribution in [0, 0.1) is 11.8 Å². The largest absolute Gasteiger partial charge is 0.394 e. The van der Waals surface area contributed by atoms with E-state index in [2.05, 4.69) is 26.1 Å². The number of nitrogens with one attached hydrogen (secondary N) is 1. The van der Waals surface area contributed by atoms with Gasteiger partial charge in [0.25, 0.3) is 0 Å². The maximum atomic E-state index is 9.65. The summed E-state index contributed by atoms with van der Waals surface area (Å²) in [5.74, 6) is 3.78. The number of hydrogen-bond donors (Lipinski definition) is 2. The van der Waals surface area contributed by atoms with Gasteiger partial charge in [-0.15, -0.1) is 0 Å². The fourth-order valence-corrected chi connectivity index (χ4v) is 3.68. The molecule has 96 valence electrons. The summed E-state index contributed by atoms with van der Waals surface area (Å²) in [6.45, 7) is 7.92. The number of likely N-dealkylation sites (N-methyl/N-ethyl adjacent to an activating group) is 1. The smallest absolute Gasteiger partial charge is 0.0624 e. The molecule has 0 heterocycles. The van der Waals surface area contributed by atoms with Gasteiger partial charge in [0.2, 0.25) is 0 Å². The van der Waals surface area contributed by atoms with E-state index in [4.69, 9.17) is 0 Å². The van der Waals surface area contributed by atoms with Crippen LogP contribution in [-0.4, -0.2) is 35.3 Å². The SMILES string of the molecule is CCNC(CO)(CSCCC(C)C)C1CC1. The van der Waals surface area contributed by atoms with Gasteiger partial charge in [0, 0.05) is 5.75 Å². The summed E-state index contributed by atoms with van der Waals surface area (Å²) in [4.78, 5) is 0. The van der Waals surface area contributed by atoms with Crippen LogP contribution in [0.3, 0.4) is 0 Å². The van der Waals surface area contributed by atoms with Gasteiger partial charge in [-0.2, -0.15) is 11.8 Å². The number of rotatable bonds is 9. The highest BCUT2D eigenvalue weighted by Crippen LogP contribution is 2.41. The Morgan fingerprint density at radius 3 is 2.56 bits per heavy atom. The third-order valence-corrected chi connectivity index (χ3v) is 4.61. The van der Waals surface area contributed by atoms with E-state index in [9.17, 15) is 5.11 Å². The van der Waals surface area contributed by atoms with Crippen molar-refractivity contribution in [3.05, 3.63) is 0 Å². The zero-order valence-corrected chi connectivity index (χ0v) is 11.8. The quantitative estimate of drug-likeness (QED) is 0.612. The van der Waals surface area contributed by atoms with Crippen LogP contribution in [0.1, 0.15) is 40.0 Å². The molecule has 1 aliphatic carbocycles. The summed E-state index contributed by atoms with van der Waals surface area (Å²) in [5.41, 5.74) is 0.0103. The Morgan fingerprint density at radius 2 is 2.12 bits per heavy atom. The number of hydrogen-bond acceptors (Lipinski definition) is 3. The van der Waals surface area contributed by atoms with Crippen molar-refractivity contribution in [2.24, 2.45) is 11.8 Å². The van der Waals surface area contributed by atoms with Gasteiger partial charge in [-0.3, -0.25) is 0 Å². The molecular formula is C13H27NOS. The van der Waals surface area contributed by atoms with E-state index in [0.717, 1.165) is 18.2 Å². The van der Waals surface area contributed by atoms with Crippen LogP contribution >= 0.6 is 11.8 Å². The molecule has 1 saturated carbocycles. The molecule has 1 fully saturated rings. The summed E-state index contributed by atoms with van der Waals surface area (Å²) in [6, 6.07) is 0. The molecule has 2 N–H and O–H groups in total.